The van der Waals surface area contributed by atoms with Crippen molar-refractivity contribution in [2.24, 2.45) is 0 Å². The minimum Gasteiger partial charge on any atom is -0.482 e. The van der Waals surface area contributed by atoms with Gasteiger partial charge >= 0.3 is 0 Å². The Labute approximate surface area is 151 Å². The fraction of sp³-hybridized carbons (Fsp3) is 0.250. The number of hydrogen-bond donors (Lipinski definition) is 1. The van der Waals surface area contributed by atoms with Crippen molar-refractivity contribution in [2.45, 2.75) is 26.3 Å². The number of amides is 1. The molecule has 3 aromatic rings. The zero-order chi connectivity index (χ0) is 17.9. The second-order valence-electron chi connectivity index (χ2n) is 6.42. The summed E-state index contributed by atoms with van der Waals surface area (Å²) in [6, 6.07) is 16.1. The van der Waals surface area contributed by atoms with Crippen molar-refractivity contribution in [1.82, 2.24) is 15.2 Å². The summed E-state index contributed by atoms with van der Waals surface area (Å²) in [6.45, 7) is 2.40. The molecule has 1 aromatic heterocycles. The molecule has 1 amide bonds. The number of anilines is 1. The largest absolute Gasteiger partial charge is 0.482 e. The molecule has 0 aliphatic carbocycles. The highest BCUT2D eigenvalue weighted by molar-refractivity contribution is 5.97. The van der Waals surface area contributed by atoms with Crippen molar-refractivity contribution in [3.63, 3.8) is 0 Å². The molecule has 6 nitrogen and oxygen atoms in total. The molecular formula is C20H20N4O2. The monoisotopic (exact) mass is 348 g/mol. The Morgan fingerprint density at radius 3 is 2.85 bits per heavy atom. The third-order valence-electron chi connectivity index (χ3n) is 4.42. The number of nitrogens with zero attached hydrogens (tertiary/aromatic N) is 3. The molecule has 0 saturated heterocycles. The molecule has 0 fully saturated rings. The zero-order valence-electron chi connectivity index (χ0n) is 14.6. The van der Waals surface area contributed by atoms with Crippen molar-refractivity contribution >= 4 is 11.6 Å². The van der Waals surface area contributed by atoms with E-state index < -0.39 is 0 Å². The number of fused-ring (bicyclic) bond motifs is 1. The smallest absolute Gasteiger partial charge is 0.265 e. The number of benzene rings is 2. The van der Waals surface area contributed by atoms with Crippen LogP contribution in [0.2, 0.25) is 0 Å². The minimum absolute atomic E-state index is 0.0467. The molecule has 0 spiro atoms. The summed E-state index contributed by atoms with van der Waals surface area (Å²) in [5.41, 5.74) is 3.11. The number of ether oxygens (including phenoxy) is 1. The van der Waals surface area contributed by atoms with E-state index in [1.807, 2.05) is 43.3 Å². The summed E-state index contributed by atoms with van der Waals surface area (Å²) >= 11 is 0. The Bertz CT molecular complexity index is 921. The van der Waals surface area contributed by atoms with E-state index in [0.717, 1.165) is 35.7 Å². The van der Waals surface area contributed by atoms with Crippen LogP contribution in [0, 0.1) is 6.92 Å². The molecule has 6 heteroatoms. The number of aryl methyl sites for hydroxylation is 3. The number of aromatic amines is 1. The number of nitrogens with one attached hydrogen (secondary N) is 1. The van der Waals surface area contributed by atoms with Crippen LogP contribution >= 0.6 is 0 Å². The Kier molecular flexibility index (Phi) is 4.39. The van der Waals surface area contributed by atoms with Gasteiger partial charge in [0.15, 0.2) is 12.4 Å². The zero-order valence-corrected chi connectivity index (χ0v) is 14.6. The summed E-state index contributed by atoms with van der Waals surface area (Å²) in [7, 11) is 0. The number of carbonyl (C=O) groups is 1. The maximum atomic E-state index is 12.3. The minimum atomic E-state index is -0.0784. The van der Waals surface area contributed by atoms with E-state index in [9.17, 15) is 4.79 Å². The fourth-order valence-electron chi connectivity index (χ4n) is 3.05. The van der Waals surface area contributed by atoms with Gasteiger partial charge in [-0.15, -0.1) is 0 Å². The van der Waals surface area contributed by atoms with Crippen LogP contribution < -0.4 is 9.64 Å². The lowest BCUT2D eigenvalue weighted by Crippen LogP contribution is -2.38. The van der Waals surface area contributed by atoms with E-state index in [0.29, 0.717) is 12.4 Å². The highest BCUT2D eigenvalue weighted by Gasteiger charge is 2.26. The molecular weight excluding hydrogens is 328 g/mol. The average Bonchev–Trinajstić information content (AvgIpc) is 3.11. The van der Waals surface area contributed by atoms with Crippen LogP contribution in [0.15, 0.2) is 48.5 Å². The predicted octanol–water partition coefficient (Wildman–Crippen LogP) is 2.82. The van der Waals surface area contributed by atoms with Gasteiger partial charge in [-0.2, -0.15) is 5.10 Å². The first-order valence-corrected chi connectivity index (χ1v) is 8.67. The van der Waals surface area contributed by atoms with Crippen molar-refractivity contribution < 1.29 is 9.53 Å². The maximum Gasteiger partial charge on any atom is 0.265 e. The molecule has 0 bridgehead atoms. The van der Waals surface area contributed by atoms with E-state index >= 15 is 0 Å². The van der Waals surface area contributed by atoms with Crippen molar-refractivity contribution in [1.29, 1.82) is 0 Å². The maximum absolute atomic E-state index is 12.3. The Hall–Kier alpha value is -3.15. The first-order valence-electron chi connectivity index (χ1n) is 8.67. The molecule has 0 saturated carbocycles. The number of carbonyl (C=O) groups excluding carboxylic acids is 1. The Morgan fingerprint density at radius 2 is 2.00 bits per heavy atom. The van der Waals surface area contributed by atoms with E-state index in [1.54, 1.807) is 4.90 Å². The van der Waals surface area contributed by atoms with E-state index in [-0.39, 0.29) is 12.5 Å². The van der Waals surface area contributed by atoms with Crippen LogP contribution in [-0.4, -0.2) is 27.7 Å². The third-order valence-corrected chi connectivity index (χ3v) is 4.42. The Morgan fingerprint density at radius 1 is 1.15 bits per heavy atom. The molecule has 0 radical (unpaired) electrons. The van der Waals surface area contributed by atoms with Crippen LogP contribution in [0.25, 0.3) is 0 Å². The molecule has 26 heavy (non-hydrogen) atoms. The van der Waals surface area contributed by atoms with Gasteiger partial charge in [-0.05, 0) is 36.6 Å². The number of H-pyrrole nitrogens is 1. The molecule has 1 aliphatic rings. The van der Waals surface area contributed by atoms with Crippen LogP contribution in [-0.2, 0) is 24.2 Å². The van der Waals surface area contributed by atoms with Gasteiger partial charge in [0.1, 0.15) is 11.6 Å². The second-order valence-corrected chi connectivity index (χ2v) is 6.42. The van der Waals surface area contributed by atoms with E-state index in [1.165, 1.54) is 5.56 Å². The molecule has 1 aliphatic heterocycles. The van der Waals surface area contributed by atoms with Gasteiger partial charge in [0, 0.05) is 6.42 Å². The lowest BCUT2D eigenvalue weighted by Gasteiger charge is -2.28. The molecule has 4 rings (SSSR count). The fourth-order valence-corrected chi connectivity index (χ4v) is 3.05. The summed E-state index contributed by atoms with van der Waals surface area (Å²) in [5, 5.41) is 7.25. The number of aromatic nitrogens is 3. The van der Waals surface area contributed by atoms with Gasteiger partial charge in [-0.1, -0.05) is 36.4 Å². The van der Waals surface area contributed by atoms with Gasteiger partial charge in [0.05, 0.1) is 12.2 Å². The van der Waals surface area contributed by atoms with Crippen molar-refractivity contribution in [3.05, 3.63) is 71.3 Å². The van der Waals surface area contributed by atoms with Crippen LogP contribution in [0.1, 0.15) is 22.8 Å². The topological polar surface area (TPSA) is 71.1 Å². The molecule has 0 unspecified atom stereocenters. The van der Waals surface area contributed by atoms with Crippen molar-refractivity contribution in [2.75, 3.05) is 11.5 Å². The average molecular weight is 348 g/mol. The second kappa shape index (κ2) is 7.00. The highest BCUT2D eigenvalue weighted by Crippen LogP contribution is 2.33. The summed E-state index contributed by atoms with van der Waals surface area (Å²) < 4.78 is 5.51. The summed E-state index contributed by atoms with van der Waals surface area (Å²) in [4.78, 5) is 18.6. The number of rotatable bonds is 5. The van der Waals surface area contributed by atoms with Crippen LogP contribution in [0.3, 0.4) is 0 Å². The summed E-state index contributed by atoms with van der Waals surface area (Å²) in [5.74, 6) is 2.08. The standard InChI is InChI=1S/C20H20N4O2/c1-14-7-9-17-16(11-14)24(20(25)13-26-17)12-19-21-18(22-23-19)10-8-15-5-3-2-4-6-15/h2-7,9,11H,8,10,12-13H2,1H3,(H,21,22,23). The van der Waals surface area contributed by atoms with Gasteiger partial charge in [0.25, 0.3) is 5.91 Å². The van der Waals surface area contributed by atoms with Gasteiger partial charge in [0.2, 0.25) is 0 Å². The SMILES string of the molecule is Cc1ccc2c(c1)N(Cc1nc(CCc3ccccc3)n[nH]1)C(=O)CO2. The summed E-state index contributed by atoms with van der Waals surface area (Å²) in [6.07, 6.45) is 1.64. The molecule has 132 valence electrons. The van der Waals surface area contributed by atoms with Gasteiger partial charge < -0.3 is 4.74 Å². The third kappa shape index (κ3) is 3.44. The van der Waals surface area contributed by atoms with Crippen LogP contribution in [0.5, 0.6) is 5.75 Å². The lowest BCUT2D eigenvalue weighted by molar-refractivity contribution is -0.121. The predicted molar refractivity (Wildman–Crippen MR) is 98.1 cm³/mol. The molecule has 2 heterocycles. The van der Waals surface area contributed by atoms with E-state index in [4.69, 9.17) is 4.74 Å². The first-order chi connectivity index (χ1) is 12.7. The van der Waals surface area contributed by atoms with Gasteiger partial charge in [-0.3, -0.25) is 14.8 Å². The molecule has 0 atom stereocenters. The van der Waals surface area contributed by atoms with Crippen molar-refractivity contribution in [3.8, 4) is 5.75 Å². The Balaban J connectivity index is 1.47. The van der Waals surface area contributed by atoms with Gasteiger partial charge in [-0.25, -0.2) is 4.98 Å². The number of hydrogen-bond acceptors (Lipinski definition) is 4. The quantitative estimate of drug-likeness (QED) is 0.770. The highest BCUT2D eigenvalue weighted by atomic mass is 16.5. The normalized spacial score (nSPS) is 13.4. The first kappa shape index (κ1) is 16.3. The molecule has 2 aromatic carbocycles. The molecule has 1 N–H and O–H groups in total. The lowest BCUT2D eigenvalue weighted by atomic mass is 10.1. The van der Waals surface area contributed by atoms with E-state index in [2.05, 4.69) is 27.3 Å². The van der Waals surface area contributed by atoms with Crippen LogP contribution in [0.4, 0.5) is 5.69 Å².